The van der Waals surface area contributed by atoms with E-state index in [9.17, 15) is 49.7 Å². The Morgan fingerprint density at radius 3 is 1.62 bits per heavy atom. The summed E-state index contributed by atoms with van der Waals surface area (Å²) in [6, 6.07) is 4.36. The first kappa shape index (κ1) is 26.0. The summed E-state index contributed by atoms with van der Waals surface area (Å²) in [5.74, 6) is 0. The minimum atomic E-state index is -1.40. The average molecular weight is 483 g/mol. The second-order valence-corrected chi connectivity index (χ2v) is 7.53. The van der Waals surface area contributed by atoms with Crippen molar-refractivity contribution in [3.05, 3.63) is 39.9 Å². The van der Waals surface area contributed by atoms with Crippen LogP contribution in [0.5, 0.6) is 0 Å². The second kappa shape index (κ2) is 11.5. The van der Waals surface area contributed by atoms with E-state index in [0.29, 0.717) is 5.56 Å². The topological polar surface area (TPSA) is 205 Å². The molecule has 1 aliphatic heterocycles. The van der Waals surface area contributed by atoms with Gasteiger partial charge < -0.3 is 40.0 Å². The van der Waals surface area contributed by atoms with Gasteiger partial charge in [0.15, 0.2) is 0 Å². The molecule has 4 N–H and O–H groups in total. The number of benzene rings is 1. The number of hydrogen-bond donors (Lipinski definition) is 4. The maximum atomic E-state index is 12.0. The van der Waals surface area contributed by atoms with Crippen LogP contribution in [0.15, 0.2) is 24.3 Å². The maximum absolute atomic E-state index is 12.0. The van der Waals surface area contributed by atoms with Crippen molar-refractivity contribution in [1.29, 1.82) is 0 Å². The van der Waals surface area contributed by atoms with Crippen molar-refractivity contribution in [2.75, 3.05) is 45.8 Å². The zero-order valence-corrected chi connectivity index (χ0v) is 18.0. The summed E-state index contributed by atoms with van der Waals surface area (Å²) >= 11 is 0. The van der Waals surface area contributed by atoms with Gasteiger partial charge in [0.2, 0.25) is 0 Å². The van der Waals surface area contributed by atoms with Gasteiger partial charge >= 0.3 is 24.4 Å². The van der Waals surface area contributed by atoms with Crippen molar-refractivity contribution < 1.29 is 44.5 Å². The van der Waals surface area contributed by atoms with Gasteiger partial charge in [-0.1, -0.05) is 12.1 Å². The summed E-state index contributed by atoms with van der Waals surface area (Å²) in [4.78, 5) is 60.8. The van der Waals surface area contributed by atoms with Gasteiger partial charge in [-0.2, -0.15) is 0 Å². The quantitative estimate of drug-likeness (QED) is 0.359. The average Bonchev–Trinajstić information content (AvgIpc) is 2.74. The Labute approximate surface area is 193 Å². The van der Waals surface area contributed by atoms with Gasteiger partial charge in [-0.3, -0.25) is 10.1 Å². The SMILES string of the molecule is O=C(O)N1CCN(C(=O)O)CCN(C(=O)O)C(Cc2ccc([N+](=O)[O-])cc2)CN(C(=O)O)CC1. The minimum absolute atomic E-state index is 0.0101. The zero-order chi connectivity index (χ0) is 25.4. The monoisotopic (exact) mass is 483 g/mol. The van der Waals surface area contributed by atoms with Crippen molar-refractivity contribution in [3.8, 4) is 0 Å². The molecular weight excluding hydrogens is 458 g/mol. The van der Waals surface area contributed by atoms with Crippen molar-refractivity contribution in [3.63, 3.8) is 0 Å². The molecule has 1 aliphatic rings. The highest BCUT2D eigenvalue weighted by Gasteiger charge is 2.30. The van der Waals surface area contributed by atoms with E-state index >= 15 is 0 Å². The van der Waals surface area contributed by atoms with Crippen LogP contribution in [-0.4, -0.2) is 121 Å². The van der Waals surface area contributed by atoms with Crippen LogP contribution in [0.4, 0.5) is 24.9 Å². The van der Waals surface area contributed by atoms with E-state index in [1.54, 1.807) is 0 Å². The molecule has 1 unspecified atom stereocenters. The minimum Gasteiger partial charge on any atom is -0.465 e. The Morgan fingerprint density at radius 1 is 0.765 bits per heavy atom. The molecule has 186 valence electrons. The molecule has 1 saturated heterocycles. The summed E-state index contributed by atoms with van der Waals surface area (Å²) < 4.78 is 0. The molecule has 1 aromatic rings. The number of nitro benzene ring substituents is 1. The van der Waals surface area contributed by atoms with E-state index in [0.717, 1.165) is 19.6 Å². The van der Waals surface area contributed by atoms with Gasteiger partial charge in [-0.15, -0.1) is 0 Å². The predicted molar refractivity (Wildman–Crippen MR) is 114 cm³/mol. The van der Waals surface area contributed by atoms with Gasteiger partial charge in [0.1, 0.15) is 0 Å². The molecule has 1 heterocycles. The van der Waals surface area contributed by atoms with Crippen LogP contribution in [0.3, 0.4) is 0 Å². The molecule has 0 saturated carbocycles. The molecule has 15 heteroatoms. The third-order valence-corrected chi connectivity index (χ3v) is 5.44. The van der Waals surface area contributed by atoms with E-state index in [4.69, 9.17) is 0 Å². The first-order chi connectivity index (χ1) is 16.0. The van der Waals surface area contributed by atoms with Crippen molar-refractivity contribution in [2.45, 2.75) is 12.5 Å². The van der Waals surface area contributed by atoms with Gasteiger partial charge in [-0.05, 0) is 12.0 Å². The summed E-state index contributed by atoms with van der Waals surface area (Å²) in [6.07, 6.45) is -5.49. The number of non-ortho nitro benzene ring substituents is 1. The summed E-state index contributed by atoms with van der Waals surface area (Å²) in [7, 11) is 0. The summed E-state index contributed by atoms with van der Waals surface area (Å²) in [5, 5.41) is 49.1. The number of hydrogen-bond acceptors (Lipinski definition) is 6. The van der Waals surface area contributed by atoms with Gasteiger partial charge in [0.05, 0.1) is 11.0 Å². The first-order valence-corrected chi connectivity index (χ1v) is 10.2. The fraction of sp³-hybridized carbons (Fsp3) is 0.474. The molecule has 1 atom stereocenters. The fourth-order valence-corrected chi connectivity index (χ4v) is 3.57. The van der Waals surface area contributed by atoms with Crippen LogP contribution in [-0.2, 0) is 6.42 Å². The molecule has 1 aromatic carbocycles. The maximum Gasteiger partial charge on any atom is 0.407 e. The number of carboxylic acid groups (broad SMARTS) is 4. The Bertz CT molecular complexity index is 925. The van der Waals surface area contributed by atoms with Crippen LogP contribution >= 0.6 is 0 Å². The smallest absolute Gasteiger partial charge is 0.407 e. The Balaban J connectivity index is 2.39. The summed E-state index contributed by atoms with van der Waals surface area (Å²) in [5.41, 5.74) is 0.331. The molecule has 0 aliphatic carbocycles. The number of nitro groups is 1. The molecule has 0 bridgehead atoms. The molecular formula is C19H25N5O10. The number of carbonyl (C=O) groups is 4. The van der Waals surface area contributed by atoms with Crippen LogP contribution < -0.4 is 0 Å². The van der Waals surface area contributed by atoms with Crippen LogP contribution in [0, 0.1) is 10.1 Å². The lowest BCUT2D eigenvalue weighted by atomic mass is 10.0. The summed E-state index contributed by atoms with van der Waals surface area (Å²) in [6.45, 7) is -1.83. The highest BCUT2D eigenvalue weighted by molar-refractivity contribution is 5.68. The second-order valence-electron chi connectivity index (χ2n) is 7.53. The van der Waals surface area contributed by atoms with Crippen LogP contribution in [0.2, 0.25) is 0 Å². The number of amides is 4. The molecule has 34 heavy (non-hydrogen) atoms. The highest BCUT2D eigenvalue weighted by atomic mass is 16.6. The van der Waals surface area contributed by atoms with Crippen LogP contribution in [0.25, 0.3) is 0 Å². The predicted octanol–water partition coefficient (Wildman–Crippen LogP) is 1.44. The van der Waals surface area contributed by atoms with Gasteiger partial charge in [-0.25, -0.2) is 19.2 Å². The Kier molecular flexibility index (Phi) is 8.80. The molecule has 0 radical (unpaired) electrons. The lowest BCUT2D eigenvalue weighted by Gasteiger charge is -2.36. The molecule has 15 nitrogen and oxygen atoms in total. The largest absolute Gasteiger partial charge is 0.465 e. The molecule has 2 rings (SSSR count). The first-order valence-electron chi connectivity index (χ1n) is 10.2. The molecule has 4 amide bonds. The van der Waals surface area contributed by atoms with Crippen molar-refractivity contribution >= 4 is 30.1 Å². The van der Waals surface area contributed by atoms with Gasteiger partial charge in [0.25, 0.3) is 5.69 Å². The molecule has 0 spiro atoms. The fourth-order valence-electron chi connectivity index (χ4n) is 3.57. The third kappa shape index (κ3) is 7.11. The normalized spacial score (nSPS) is 17.9. The highest BCUT2D eigenvalue weighted by Crippen LogP contribution is 2.17. The van der Waals surface area contributed by atoms with E-state index in [1.165, 1.54) is 24.3 Å². The molecule has 0 aromatic heterocycles. The lowest BCUT2D eigenvalue weighted by Crippen LogP contribution is -2.54. The van der Waals surface area contributed by atoms with E-state index in [2.05, 4.69) is 0 Å². The molecule has 1 fully saturated rings. The van der Waals surface area contributed by atoms with Crippen molar-refractivity contribution in [1.82, 2.24) is 19.6 Å². The zero-order valence-electron chi connectivity index (χ0n) is 18.0. The standard InChI is InChI=1S/C19H25N5O10/c25-16(26)20-5-6-21(17(27)28)9-10-23(19(31)32)15(12-22(8-7-20)18(29)30)11-13-1-3-14(4-2-13)24(33)34/h1-4,15H,5-12H2,(H,25,26)(H,27,28)(H,29,30)(H,31,32). The number of rotatable bonds is 3. The lowest BCUT2D eigenvalue weighted by molar-refractivity contribution is -0.384. The van der Waals surface area contributed by atoms with E-state index < -0.39 is 35.3 Å². The third-order valence-electron chi connectivity index (χ3n) is 5.44. The Hall–Kier alpha value is -4.30. The van der Waals surface area contributed by atoms with E-state index in [-0.39, 0.29) is 57.9 Å². The van der Waals surface area contributed by atoms with Gasteiger partial charge in [0, 0.05) is 57.9 Å². The van der Waals surface area contributed by atoms with E-state index in [1.807, 2.05) is 0 Å². The van der Waals surface area contributed by atoms with Crippen LogP contribution in [0.1, 0.15) is 5.56 Å². The van der Waals surface area contributed by atoms with Crippen molar-refractivity contribution in [2.24, 2.45) is 0 Å². The number of nitrogens with zero attached hydrogens (tertiary/aromatic N) is 5. The Morgan fingerprint density at radius 2 is 1.21 bits per heavy atom.